The Balaban J connectivity index is 0.896. The quantitative estimate of drug-likeness (QED) is 0.156. The van der Waals surface area contributed by atoms with Crippen LogP contribution in [0, 0.1) is 0 Å². The standard InChI is InChI=1S/C60H37NO/c1-2-10-47-39(9-1)19-20-43-37-42(27-34-49(43)47)38-21-28-44(29-22-38)61(46-32-25-41(26-33-46)50-14-7-17-57-53-13-5-6-18-58(53)62-60(50)57)45-30-23-40(24-31-45)48-35-36-56-52-12-4-3-11-51(52)55-16-8-15-54(48)59(55)56/h1-37H. The summed E-state index contributed by atoms with van der Waals surface area (Å²) in [4.78, 5) is 2.36. The maximum atomic E-state index is 6.44. The van der Waals surface area contributed by atoms with Gasteiger partial charge in [0, 0.05) is 33.4 Å². The smallest absolute Gasteiger partial charge is 0.143 e. The van der Waals surface area contributed by atoms with Gasteiger partial charge in [-0.25, -0.2) is 0 Å². The van der Waals surface area contributed by atoms with Crippen LogP contribution in [0.2, 0.25) is 0 Å². The molecule has 0 bridgehead atoms. The summed E-state index contributed by atoms with van der Waals surface area (Å²) in [5.74, 6) is 0. The topological polar surface area (TPSA) is 16.4 Å². The molecule has 0 spiro atoms. The summed E-state index contributed by atoms with van der Waals surface area (Å²) in [6.45, 7) is 0. The number of fused-ring (bicyclic) bond motifs is 9. The van der Waals surface area contributed by atoms with Gasteiger partial charge in [0.05, 0.1) is 0 Å². The summed E-state index contributed by atoms with van der Waals surface area (Å²) in [6.07, 6.45) is 0. The molecule has 13 rings (SSSR count). The first kappa shape index (κ1) is 34.6. The molecule has 2 nitrogen and oxygen atoms in total. The Morgan fingerprint density at radius 3 is 1.52 bits per heavy atom. The van der Waals surface area contributed by atoms with Crippen molar-refractivity contribution in [2.24, 2.45) is 0 Å². The molecule has 0 saturated heterocycles. The predicted octanol–water partition coefficient (Wildman–Crippen LogP) is 17.2. The summed E-state index contributed by atoms with van der Waals surface area (Å²) >= 11 is 0. The van der Waals surface area contributed by atoms with E-state index in [9.17, 15) is 0 Å². The van der Waals surface area contributed by atoms with Crippen molar-refractivity contribution in [3.05, 3.63) is 224 Å². The first-order valence-corrected chi connectivity index (χ1v) is 21.3. The molecular formula is C60H37NO. The molecule has 1 heterocycles. The van der Waals surface area contributed by atoms with E-state index in [1.807, 2.05) is 12.1 Å². The monoisotopic (exact) mass is 787 g/mol. The van der Waals surface area contributed by atoms with Gasteiger partial charge in [0.15, 0.2) is 0 Å². The van der Waals surface area contributed by atoms with E-state index in [1.54, 1.807) is 0 Å². The van der Waals surface area contributed by atoms with Crippen molar-refractivity contribution in [2.75, 3.05) is 4.90 Å². The van der Waals surface area contributed by atoms with Gasteiger partial charge in [0.1, 0.15) is 11.2 Å². The second kappa shape index (κ2) is 13.7. The minimum Gasteiger partial charge on any atom is -0.455 e. The maximum Gasteiger partial charge on any atom is 0.143 e. The molecule has 0 radical (unpaired) electrons. The lowest BCUT2D eigenvalue weighted by Gasteiger charge is -2.26. The third-order valence-electron chi connectivity index (χ3n) is 13.0. The van der Waals surface area contributed by atoms with Gasteiger partial charge in [-0.05, 0) is 131 Å². The molecule has 1 aromatic heterocycles. The van der Waals surface area contributed by atoms with Crippen LogP contribution in [0.3, 0.4) is 0 Å². The Morgan fingerprint density at radius 2 is 0.774 bits per heavy atom. The van der Waals surface area contributed by atoms with Crippen LogP contribution < -0.4 is 4.90 Å². The van der Waals surface area contributed by atoms with Crippen LogP contribution in [0.15, 0.2) is 229 Å². The molecular weight excluding hydrogens is 751 g/mol. The highest BCUT2D eigenvalue weighted by Gasteiger charge is 2.23. The summed E-state index contributed by atoms with van der Waals surface area (Å²) in [5, 5.41) is 9.97. The normalized spacial score (nSPS) is 11.9. The maximum absolute atomic E-state index is 6.44. The van der Waals surface area contributed by atoms with E-state index in [0.717, 1.165) is 50.1 Å². The van der Waals surface area contributed by atoms with E-state index in [0.29, 0.717) is 0 Å². The Kier molecular flexibility index (Phi) is 7.64. The first-order chi connectivity index (χ1) is 30.7. The third kappa shape index (κ3) is 5.37. The Bertz CT molecular complexity index is 3700. The number of para-hydroxylation sites is 2. The summed E-state index contributed by atoms with van der Waals surface area (Å²) in [5.41, 5.74) is 17.4. The number of anilines is 3. The van der Waals surface area contributed by atoms with Gasteiger partial charge in [-0.3, -0.25) is 0 Å². The molecule has 11 aromatic carbocycles. The van der Waals surface area contributed by atoms with Gasteiger partial charge in [0.2, 0.25) is 0 Å². The minimum atomic E-state index is 0.907. The summed E-state index contributed by atoms with van der Waals surface area (Å²) in [7, 11) is 0. The van der Waals surface area contributed by atoms with Gasteiger partial charge < -0.3 is 9.32 Å². The molecule has 0 atom stereocenters. The lowest BCUT2D eigenvalue weighted by Crippen LogP contribution is -2.09. The van der Waals surface area contributed by atoms with Crippen molar-refractivity contribution in [2.45, 2.75) is 0 Å². The number of furan rings is 1. The van der Waals surface area contributed by atoms with Gasteiger partial charge in [-0.1, -0.05) is 176 Å². The van der Waals surface area contributed by atoms with E-state index >= 15 is 0 Å². The lowest BCUT2D eigenvalue weighted by molar-refractivity contribution is 0.670. The average molecular weight is 788 g/mol. The number of hydrogen-bond acceptors (Lipinski definition) is 2. The predicted molar refractivity (Wildman–Crippen MR) is 262 cm³/mol. The highest BCUT2D eigenvalue weighted by molar-refractivity contribution is 6.19. The average Bonchev–Trinajstić information content (AvgIpc) is 3.89. The number of hydrogen-bond donors (Lipinski definition) is 0. The van der Waals surface area contributed by atoms with Crippen molar-refractivity contribution >= 4 is 71.3 Å². The van der Waals surface area contributed by atoms with Crippen LogP contribution in [0.5, 0.6) is 0 Å². The van der Waals surface area contributed by atoms with Crippen LogP contribution in [-0.4, -0.2) is 0 Å². The first-order valence-electron chi connectivity index (χ1n) is 21.3. The van der Waals surface area contributed by atoms with Crippen LogP contribution in [0.4, 0.5) is 17.1 Å². The fraction of sp³-hybridized carbons (Fsp3) is 0. The molecule has 1 aliphatic carbocycles. The van der Waals surface area contributed by atoms with E-state index < -0.39 is 0 Å². The number of benzene rings is 11. The molecule has 0 saturated carbocycles. The molecule has 2 heteroatoms. The molecule has 62 heavy (non-hydrogen) atoms. The van der Waals surface area contributed by atoms with Crippen molar-refractivity contribution in [3.8, 4) is 55.6 Å². The fourth-order valence-corrected chi connectivity index (χ4v) is 10.1. The number of rotatable bonds is 6. The summed E-state index contributed by atoms with van der Waals surface area (Å²) in [6, 6.07) is 81.7. The highest BCUT2D eigenvalue weighted by Crippen LogP contribution is 2.49. The van der Waals surface area contributed by atoms with E-state index in [4.69, 9.17) is 4.42 Å². The second-order valence-corrected chi connectivity index (χ2v) is 16.4. The van der Waals surface area contributed by atoms with E-state index in [-0.39, 0.29) is 0 Å². The molecule has 0 N–H and O–H groups in total. The highest BCUT2D eigenvalue weighted by atomic mass is 16.3. The second-order valence-electron chi connectivity index (χ2n) is 16.4. The fourth-order valence-electron chi connectivity index (χ4n) is 10.1. The molecule has 1 aliphatic rings. The Morgan fingerprint density at radius 1 is 0.274 bits per heavy atom. The lowest BCUT2D eigenvalue weighted by atomic mass is 9.94. The van der Waals surface area contributed by atoms with Crippen molar-refractivity contribution in [3.63, 3.8) is 0 Å². The van der Waals surface area contributed by atoms with Crippen molar-refractivity contribution < 1.29 is 4.42 Å². The zero-order valence-corrected chi connectivity index (χ0v) is 33.7. The van der Waals surface area contributed by atoms with Crippen LogP contribution in [0.1, 0.15) is 0 Å². The summed E-state index contributed by atoms with van der Waals surface area (Å²) < 4.78 is 6.44. The zero-order chi connectivity index (χ0) is 40.7. The Hall–Kier alpha value is -8.20. The number of nitrogens with zero attached hydrogens (tertiary/aromatic N) is 1. The third-order valence-corrected chi connectivity index (χ3v) is 13.0. The molecule has 0 fully saturated rings. The van der Waals surface area contributed by atoms with Crippen LogP contribution in [0.25, 0.3) is 110 Å². The van der Waals surface area contributed by atoms with Gasteiger partial charge in [-0.15, -0.1) is 0 Å². The molecule has 12 aromatic rings. The van der Waals surface area contributed by atoms with Crippen LogP contribution in [-0.2, 0) is 0 Å². The van der Waals surface area contributed by atoms with Crippen molar-refractivity contribution in [1.82, 2.24) is 0 Å². The van der Waals surface area contributed by atoms with E-state index in [2.05, 4.69) is 217 Å². The molecule has 0 aliphatic heterocycles. The molecule has 0 amide bonds. The Labute approximate surface area is 359 Å². The molecule has 0 unspecified atom stereocenters. The SMILES string of the molecule is c1ccc2c(c1)-c1cccc3c(-c4ccc(N(c5ccc(-c6ccc7c(ccc8ccccc87)c6)cc5)c5ccc(-c6cccc7c6oc6ccccc67)cc5)cc4)ccc-2c13. The van der Waals surface area contributed by atoms with E-state index in [1.165, 1.54) is 76.8 Å². The van der Waals surface area contributed by atoms with Gasteiger partial charge in [0.25, 0.3) is 0 Å². The van der Waals surface area contributed by atoms with Crippen LogP contribution >= 0.6 is 0 Å². The van der Waals surface area contributed by atoms with Gasteiger partial charge >= 0.3 is 0 Å². The van der Waals surface area contributed by atoms with Gasteiger partial charge in [-0.2, -0.15) is 0 Å². The van der Waals surface area contributed by atoms with Crippen molar-refractivity contribution in [1.29, 1.82) is 0 Å². The molecule has 288 valence electrons. The zero-order valence-electron chi connectivity index (χ0n) is 33.7. The minimum absolute atomic E-state index is 0.907. The largest absolute Gasteiger partial charge is 0.455 e.